The zero-order chi connectivity index (χ0) is 14.5. The smallest absolute Gasteiger partial charge is 0.0685 e. The molecule has 3 heteroatoms. The van der Waals surface area contributed by atoms with Crippen LogP contribution < -0.4 is 5.73 Å². The summed E-state index contributed by atoms with van der Waals surface area (Å²) in [5.74, 6) is 0.638. The topological polar surface area (TPSA) is 48.1 Å². The number of rotatable bonds is 4. The molecular weight excluding hydrogens is 260 g/mol. The molecule has 2 fully saturated rings. The van der Waals surface area contributed by atoms with Crippen molar-refractivity contribution in [2.24, 2.45) is 11.7 Å². The van der Waals surface area contributed by atoms with Crippen LogP contribution in [0.2, 0.25) is 0 Å². The average Bonchev–Trinajstić information content (AvgIpc) is 2.54. The molecule has 1 aliphatic heterocycles. The van der Waals surface area contributed by atoms with Crippen molar-refractivity contribution >= 4 is 0 Å². The van der Waals surface area contributed by atoms with Crippen LogP contribution in [0.15, 0.2) is 24.5 Å². The molecule has 2 heterocycles. The predicted octanol–water partition coefficient (Wildman–Crippen LogP) is 3.47. The lowest BCUT2D eigenvalue weighted by Gasteiger charge is -2.45. The van der Waals surface area contributed by atoms with Gasteiger partial charge < -0.3 is 10.5 Å². The fraction of sp³-hybridized carbons (Fsp3) is 0.722. The van der Waals surface area contributed by atoms with Gasteiger partial charge in [0, 0.05) is 25.0 Å². The predicted molar refractivity (Wildman–Crippen MR) is 85.0 cm³/mol. The molecule has 0 bridgehead atoms. The fourth-order valence-corrected chi connectivity index (χ4v) is 4.09. The molecule has 2 N–H and O–H groups in total. The maximum absolute atomic E-state index is 6.52. The number of pyridine rings is 1. The molecule has 2 unspecified atom stereocenters. The molecule has 1 aliphatic carbocycles. The van der Waals surface area contributed by atoms with Crippen LogP contribution in [0.1, 0.15) is 56.9 Å². The molecule has 1 aromatic heterocycles. The molecular formula is C18H28N2O. The monoisotopic (exact) mass is 288 g/mol. The summed E-state index contributed by atoms with van der Waals surface area (Å²) in [5.41, 5.74) is 8.04. The van der Waals surface area contributed by atoms with Crippen molar-refractivity contribution in [1.82, 2.24) is 4.98 Å². The van der Waals surface area contributed by atoms with Gasteiger partial charge in [0.2, 0.25) is 0 Å². The minimum Gasteiger partial charge on any atom is -0.375 e. The molecule has 0 aromatic carbocycles. The summed E-state index contributed by atoms with van der Waals surface area (Å²) >= 11 is 0. The van der Waals surface area contributed by atoms with E-state index in [9.17, 15) is 0 Å². The highest BCUT2D eigenvalue weighted by Gasteiger charge is 2.39. The van der Waals surface area contributed by atoms with Crippen LogP contribution in [0.25, 0.3) is 0 Å². The zero-order valence-electron chi connectivity index (χ0n) is 13.0. The number of hydrogen-bond acceptors (Lipinski definition) is 3. The first-order valence-corrected chi connectivity index (χ1v) is 8.56. The summed E-state index contributed by atoms with van der Waals surface area (Å²) in [6.07, 6.45) is 14.7. The van der Waals surface area contributed by atoms with E-state index >= 15 is 0 Å². The van der Waals surface area contributed by atoms with Crippen molar-refractivity contribution in [3.05, 3.63) is 30.1 Å². The molecule has 0 amide bonds. The van der Waals surface area contributed by atoms with Crippen LogP contribution in [0.3, 0.4) is 0 Å². The highest BCUT2D eigenvalue weighted by atomic mass is 16.5. The Kier molecular flexibility index (Phi) is 4.91. The molecule has 3 nitrogen and oxygen atoms in total. The Morgan fingerprint density at radius 2 is 2.00 bits per heavy atom. The lowest BCUT2D eigenvalue weighted by atomic mass is 9.73. The number of ether oxygens (including phenoxy) is 1. The first-order chi connectivity index (χ1) is 10.3. The number of aryl methyl sites for hydroxylation is 1. The third-order valence-corrected chi connectivity index (χ3v) is 5.42. The summed E-state index contributed by atoms with van der Waals surface area (Å²) < 4.78 is 6.19. The van der Waals surface area contributed by atoms with Crippen molar-refractivity contribution < 1.29 is 4.74 Å². The van der Waals surface area contributed by atoms with Crippen molar-refractivity contribution in [2.45, 2.75) is 69.4 Å². The Labute approximate surface area is 128 Å². The van der Waals surface area contributed by atoms with Gasteiger partial charge in [-0.1, -0.05) is 19.3 Å². The van der Waals surface area contributed by atoms with Crippen molar-refractivity contribution in [1.29, 1.82) is 0 Å². The molecule has 1 aromatic rings. The minimum atomic E-state index is 0.176. The molecule has 3 rings (SSSR count). The van der Waals surface area contributed by atoms with E-state index < -0.39 is 0 Å². The fourth-order valence-electron chi connectivity index (χ4n) is 4.09. The van der Waals surface area contributed by atoms with E-state index in [0.29, 0.717) is 12.0 Å². The van der Waals surface area contributed by atoms with Gasteiger partial charge in [0.25, 0.3) is 0 Å². The largest absolute Gasteiger partial charge is 0.375 e. The summed E-state index contributed by atoms with van der Waals surface area (Å²) in [5, 5.41) is 0. The number of nitrogens with two attached hydrogens (primary N) is 1. The molecule has 2 aliphatic rings. The average molecular weight is 288 g/mol. The van der Waals surface area contributed by atoms with Gasteiger partial charge in [-0.15, -0.1) is 0 Å². The highest BCUT2D eigenvalue weighted by Crippen LogP contribution is 2.41. The van der Waals surface area contributed by atoms with E-state index in [1.807, 2.05) is 12.4 Å². The first-order valence-electron chi connectivity index (χ1n) is 8.56. The zero-order valence-corrected chi connectivity index (χ0v) is 13.0. The van der Waals surface area contributed by atoms with E-state index in [2.05, 4.69) is 17.1 Å². The SMILES string of the molecule is NC(CCc1ccncc1)C1CCOC2(CCCCC2)C1. The molecule has 2 atom stereocenters. The Morgan fingerprint density at radius 1 is 1.24 bits per heavy atom. The van der Waals surface area contributed by atoms with Crippen LogP contribution in [-0.2, 0) is 11.2 Å². The van der Waals surface area contributed by atoms with Gasteiger partial charge in [0.1, 0.15) is 0 Å². The van der Waals surface area contributed by atoms with Gasteiger partial charge in [-0.2, -0.15) is 0 Å². The standard InChI is InChI=1S/C18H28N2O/c19-17(5-4-15-6-11-20-12-7-15)16-8-13-21-18(14-16)9-2-1-3-10-18/h6-7,11-12,16-17H,1-5,8-10,13-14,19H2. The van der Waals surface area contributed by atoms with Crippen LogP contribution in [0.4, 0.5) is 0 Å². The third-order valence-electron chi connectivity index (χ3n) is 5.42. The van der Waals surface area contributed by atoms with Crippen molar-refractivity contribution in [3.8, 4) is 0 Å². The Balaban J connectivity index is 1.53. The lowest BCUT2D eigenvalue weighted by Crippen LogP contribution is -2.46. The van der Waals surface area contributed by atoms with E-state index in [0.717, 1.165) is 25.9 Å². The Bertz CT molecular complexity index is 423. The van der Waals surface area contributed by atoms with Gasteiger partial charge in [-0.25, -0.2) is 0 Å². The molecule has 1 saturated heterocycles. The van der Waals surface area contributed by atoms with Crippen LogP contribution in [-0.4, -0.2) is 23.2 Å². The van der Waals surface area contributed by atoms with Gasteiger partial charge in [-0.05, 0) is 62.1 Å². The molecule has 116 valence electrons. The van der Waals surface area contributed by atoms with E-state index in [1.165, 1.54) is 44.1 Å². The quantitative estimate of drug-likeness (QED) is 0.923. The normalized spacial score (nSPS) is 26.6. The Hall–Kier alpha value is -0.930. The van der Waals surface area contributed by atoms with E-state index in [-0.39, 0.29) is 5.60 Å². The van der Waals surface area contributed by atoms with Crippen molar-refractivity contribution in [3.63, 3.8) is 0 Å². The van der Waals surface area contributed by atoms with Crippen LogP contribution in [0, 0.1) is 5.92 Å². The number of aromatic nitrogens is 1. The summed E-state index contributed by atoms with van der Waals surface area (Å²) in [6.45, 7) is 0.910. The second kappa shape index (κ2) is 6.89. The van der Waals surface area contributed by atoms with Gasteiger partial charge >= 0.3 is 0 Å². The van der Waals surface area contributed by atoms with Gasteiger partial charge in [0.05, 0.1) is 5.60 Å². The van der Waals surface area contributed by atoms with Crippen molar-refractivity contribution in [2.75, 3.05) is 6.61 Å². The highest BCUT2D eigenvalue weighted by molar-refractivity contribution is 5.10. The third kappa shape index (κ3) is 3.83. The second-order valence-corrected chi connectivity index (χ2v) is 6.90. The maximum Gasteiger partial charge on any atom is 0.0685 e. The summed E-state index contributed by atoms with van der Waals surface area (Å²) in [4.78, 5) is 4.07. The van der Waals surface area contributed by atoms with Crippen LogP contribution in [0.5, 0.6) is 0 Å². The van der Waals surface area contributed by atoms with Crippen LogP contribution >= 0.6 is 0 Å². The summed E-state index contributed by atoms with van der Waals surface area (Å²) in [6, 6.07) is 4.50. The van der Waals surface area contributed by atoms with Gasteiger partial charge in [0.15, 0.2) is 0 Å². The van der Waals surface area contributed by atoms with E-state index in [1.54, 1.807) is 0 Å². The summed E-state index contributed by atoms with van der Waals surface area (Å²) in [7, 11) is 0. The molecule has 1 saturated carbocycles. The molecule has 21 heavy (non-hydrogen) atoms. The van der Waals surface area contributed by atoms with E-state index in [4.69, 9.17) is 10.5 Å². The number of nitrogens with zero attached hydrogens (tertiary/aromatic N) is 1. The Morgan fingerprint density at radius 3 is 2.76 bits per heavy atom. The molecule has 1 spiro atoms. The maximum atomic E-state index is 6.52. The lowest BCUT2D eigenvalue weighted by molar-refractivity contribution is -0.120. The van der Waals surface area contributed by atoms with Gasteiger partial charge in [-0.3, -0.25) is 4.98 Å². The first kappa shape index (κ1) is 15.0. The second-order valence-electron chi connectivity index (χ2n) is 6.90. The number of hydrogen-bond donors (Lipinski definition) is 1. The molecule has 0 radical (unpaired) electrons. The minimum absolute atomic E-state index is 0.176.